The largest absolute Gasteiger partial charge is 0.394 e. The Hall–Kier alpha value is -0.160. The van der Waals surface area contributed by atoms with E-state index in [9.17, 15) is 5.11 Å². The number of aliphatic hydroxyl groups excluding tert-OH is 1. The molecular weight excluding hydrogens is 262 g/mol. The molecule has 3 aliphatic rings. The number of fused-ring (bicyclic) bond motifs is 1. The molecule has 2 heterocycles. The van der Waals surface area contributed by atoms with Crippen molar-refractivity contribution in [2.24, 2.45) is 0 Å². The highest BCUT2D eigenvalue weighted by atomic mass is 16.3. The molecule has 2 saturated heterocycles. The third kappa shape index (κ3) is 3.98. The molecule has 4 nitrogen and oxygen atoms in total. The van der Waals surface area contributed by atoms with Gasteiger partial charge in [0.15, 0.2) is 0 Å². The summed E-state index contributed by atoms with van der Waals surface area (Å²) in [7, 11) is 0. The van der Waals surface area contributed by atoms with E-state index in [1.165, 1.54) is 51.7 Å². The predicted octanol–water partition coefficient (Wildman–Crippen LogP) is 1.44. The second-order valence-electron chi connectivity index (χ2n) is 7.88. The third-order valence-corrected chi connectivity index (χ3v) is 5.75. The maximum absolute atomic E-state index is 9.76. The van der Waals surface area contributed by atoms with Gasteiger partial charge in [-0.05, 0) is 52.5 Å². The fourth-order valence-corrected chi connectivity index (χ4v) is 4.03. The van der Waals surface area contributed by atoms with Crippen LogP contribution >= 0.6 is 0 Å². The predicted molar refractivity (Wildman–Crippen MR) is 86.5 cm³/mol. The molecule has 0 amide bonds. The molecule has 3 fully saturated rings. The van der Waals surface area contributed by atoms with Crippen molar-refractivity contribution >= 4 is 0 Å². The van der Waals surface area contributed by atoms with E-state index in [-0.39, 0.29) is 12.1 Å². The minimum Gasteiger partial charge on any atom is -0.394 e. The Morgan fingerprint density at radius 2 is 2.00 bits per heavy atom. The molecular formula is C17H33N3O. The average Bonchev–Trinajstić information content (AvgIpc) is 3.29. The second-order valence-corrected chi connectivity index (χ2v) is 7.88. The van der Waals surface area contributed by atoms with E-state index in [1.54, 1.807) is 0 Å². The van der Waals surface area contributed by atoms with Gasteiger partial charge in [-0.25, -0.2) is 0 Å². The van der Waals surface area contributed by atoms with Crippen LogP contribution in [0.2, 0.25) is 0 Å². The van der Waals surface area contributed by atoms with Crippen molar-refractivity contribution in [2.75, 3.05) is 32.8 Å². The first-order valence-electron chi connectivity index (χ1n) is 8.96. The smallest absolute Gasteiger partial charge is 0.0611 e. The number of rotatable bonds is 6. The van der Waals surface area contributed by atoms with Gasteiger partial charge in [0.2, 0.25) is 0 Å². The highest BCUT2D eigenvalue weighted by Gasteiger charge is 2.35. The van der Waals surface area contributed by atoms with Crippen molar-refractivity contribution in [1.29, 1.82) is 0 Å². The van der Waals surface area contributed by atoms with Crippen LogP contribution in [0.5, 0.6) is 0 Å². The lowest BCUT2D eigenvalue weighted by atomic mass is 9.94. The van der Waals surface area contributed by atoms with Gasteiger partial charge in [-0.2, -0.15) is 0 Å². The number of hydrogen-bond acceptors (Lipinski definition) is 4. The molecule has 4 heteroatoms. The van der Waals surface area contributed by atoms with Crippen molar-refractivity contribution in [3.05, 3.63) is 0 Å². The van der Waals surface area contributed by atoms with Crippen LogP contribution in [0, 0.1) is 0 Å². The number of aliphatic hydroxyl groups is 1. The Kier molecular flexibility index (Phi) is 4.89. The lowest BCUT2D eigenvalue weighted by molar-refractivity contribution is 0.00899. The summed E-state index contributed by atoms with van der Waals surface area (Å²) in [4.78, 5) is 5.37. The first-order chi connectivity index (χ1) is 10.1. The van der Waals surface area contributed by atoms with Crippen molar-refractivity contribution in [3.63, 3.8) is 0 Å². The molecule has 122 valence electrons. The number of piperidine rings is 1. The maximum atomic E-state index is 9.76. The average molecular weight is 295 g/mol. The van der Waals surface area contributed by atoms with E-state index >= 15 is 0 Å². The lowest BCUT2D eigenvalue weighted by Crippen LogP contribution is -2.59. The van der Waals surface area contributed by atoms with Crippen molar-refractivity contribution in [1.82, 2.24) is 15.1 Å². The molecule has 1 aliphatic carbocycles. The first kappa shape index (κ1) is 15.7. The van der Waals surface area contributed by atoms with Gasteiger partial charge >= 0.3 is 0 Å². The Morgan fingerprint density at radius 1 is 1.19 bits per heavy atom. The summed E-state index contributed by atoms with van der Waals surface area (Å²) in [6.45, 7) is 9.69. The molecule has 2 aliphatic heterocycles. The fourth-order valence-electron chi connectivity index (χ4n) is 4.03. The number of hydrogen-bond donors (Lipinski definition) is 2. The van der Waals surface area contributed by atoms with Gasteiger partial charge < -0.3 is 10.4 Å². The summed E-state index contributed by atoms with van der Waals surface area (Å²) < 4.78 is 0. The molecule has 2 N–H and O–H groups in total. The lowest BCUT2D eigenvalue weighted by Gasteiger charge is -2.48. The number of nitrogens with one attached hydrogen (secondary N) is 1. The summed E-state index contributed by atoms with van der Waals surface area (Å²) in [5.74, 6) is 0. The minimum atomic E-state index is -0.0927. The highest BCUT2D eigenvalue weighted by Crippen LogP contribution is 2.27. The standard InChI is InChI=1S/C17H33N3O/c1-14-11-20-9-4-3-5-16(20)12-19(14)10-8-17(2,13-21)18-15-6-7-15/h14-16,18,21H,3-13H2,1-2H3. The summed E-state index contributed by atoms with van der Waals surface area (Å²) >= 11 is 0. The van der Waals surface area contributed by atoms with Crippen molar-refractivity contribution < 1.29 is 5.11 Å². The SMILES string of the molecule is CC1CN2CCCCC2CN1CCC(C)(CO)NC1CC1. The molecule has 0 aromatic heterocycles. The van der Waals surface area contributed by atoms with E-state index < -0.39 is 0 Å². The normalized spacial score (nSPS) is 34.4. The van der Waals surface area contributed by atoms with E-state index in [2.05, 4.69) is 29.0 Å². The van der Waals surface area contributed by atoms with Crippen LogP contribution in [-0.2, 0) is 0 Å². The molecule has 0 aromatic carbocycles. The van der Waals surface area contributed by atoms with E-state index in [0.717, 1.165) is 19.0 Å². The molecule has 3 rings (SSSR count). The number of nitrogens with zero attached hydrogens (tertiary/aromatic N) is 2. The van der Waals surface area contributed by atoms with Crippen LogP contribution < -0.4 is 5.32 Å². The van der Waals surface area contributed by atoms with Gasteiger partial charge in [-0.3, -0.25) is 9.80 Å². The van der Waals surface area contributed by atoms with Crippen LogP contribution in [0.4, 0.5) is 0 Å². The zero-order valence-corrected chi connectivity index (χ0v) is 13.9. The van der Waals surface area contributed by atoms with Crippen LogP contribution in [0.25, 0.3) is 0 Å². The molecule has 0 aromatic rings. The van der Waals surface area contributed by atoms with Gasteiger partial charge in [0.25, 0.3) is 0 Å². The Balaban J connectivity index is 1.51. The first-order valence-corrected chi connectivity index (χ1v) is 8.96. The van der Waals surface area contributed by atoms with Crippen LogP contribution in [0.1, 0.15) is 52.4 Å². The van der Waals surface area contributed by atoms with Gasteiger partial charge in [0.05, 0.1) is 6.61 Å². The summed E-state index contributed by atoms with van der Waals surface area (Å²) in [5, 5.41) is 13.4. The van der Waals surface area contributed by atoms with E-state index in [4.69, 9.17) is 0 Å². The summed E-state index contributed by atoms with van der Waals surface area (Å²) in [6, 6.07) is 2.10. The molecule has 0 radical (unpaired) electrons. The molecule has 0 bridgehead atoms. The second kappa shape index (κ2) is 6.53. The Labute approximate surface area is 129 Å². The minimum absolute atomic E-state index is 0.0927. The third-order valence-electron chi connectivity index (χ3n) is 5.75. The Morgan fingerprint density at radius 3 is 2.71 bits per heavy atom. The molecule has 3 atom stereocenters. The summed E-state index contributed by atoms with van der Waals surface area (Å²) in [5.41, 5.74) is -0.0927. The van der Waals surface area contributed by atoms with Crippen molar-refractivity contribution in [2.45, 2.75) is 76.0 Å². The number of piperazine rings is 1. The summed E-state index contributed by atoms with van der Waals surface area (Å²) in [6.07, 6.45) is 7.79. The highest BCUT2D eigenvalue weighted by molar-refractivity contribution is 4.94. The van der Waals surface area contributed by atoms with Crippen molar-refractivity contribution in [3.8, 4) is 0 Å². The molecule has 21 heavy (non-hydrogen) atoms. The van der Waals surface area contributed by atoms with Gasteiger partial charge in [-0.15, -0.1) is 0 Å². The quantitative estimate of drug-likeness (QED) is 0.778. The van der Waals surface area contributed by atoms with Crippen LogP contribution in [0.15, 0.2) is 0 Å². The zero-order valence-electron chi connectivity index (χ0n) is 13.9. The van der Waals surface area contributed by atoms with Gasteiger partial charge in [0, 0.05) is 43.3 Å². The van der Waals surface area contributed by atoms with Gasteiger partial charge in [0.1, 0.15) is 0 Å². The Bertz CT molecular complexity index is 347. The zero-order chi connectivity index (χ0) is 14.9. The molecule has 0 spiro atoms. The maximum Gasteiger partial charge on any atom is 0.0611 e. The molecule has 3 unspecified atom stereocenters. The monoisotopic (exact) mass is 295 g/mol. The van der Waals surface area contributed by atoms with Crippen LogP contribution in [0.3, 0.4) is 0 Å². The fraction of sp³-hybridized carbons (Fsp3) is 1.00. The van der Waals surface area contributed by atoms with E-state index in [0.29, 0.717) is 12.1 Å². The van der Waals surface area contributed by atoms with Crippen LogP contribution in [-0.4, -0.2) is 71.4 Å². The van der Waals surface area contributed by atoms with E-state index in [1.807, 2.05) is 0 Å². The topological polar surface area (TPSA) is 38.7 Å². The van der Waals surface area contributed by atoms with Gasteiger partial charge in [-0.1, -0.05) is 6.42 Å². The molecule has 1 saturated carbocycles.